The molecule has 0 aromatic rings. The van der Waals surface area contributed by atoms with Gasteiger partial charge in [-0.15, -0.1) is 0 Å². The molecule has 2 nitrogen and oxygen atoms in total. The molecule has 0 aromatic carbocycles. The fraction of sp³-hybridized carbons (Fsp3) is 1.00. The van der Waals surface area contributed by atoms with Gasteiger partial charge < -0.3 is 5.32 Å². The highest BCUT2D eigenvalue weighted by Crippen LogP contribution is 2.37. The summed E-state index contributed by atoms with van der Waals surface area (Å²) >= 11 is 0. The summed E-state index contributed by atoms with van der Waals surface area (Å²) in [7, 11) is 0. The number of hydrogen-bond acceptors (Lipinski definition) is 2. The maximum absolute atomic E-state index is 3.83. The largest absolute Gasteiger partial charge is 0.311 e. The summed E-state index contributed by atoms with van der Waals surface area (Å²) in [5.74, 6) is 2.90. The van der Waals surface area contributed by atoms with Gasteiger partial charge in [-0.05, 0) is 43.4 Å². The maximum atomic E-state index is 3.83. The van der Waals surface area contributed by atoms with Crippen LogP contribution in [0, 0.1) is 17.8 Å². The molecular weight excluding hydrogens is 208 g/mol. The van der Waals surface area contributed by atoms with Crippen LogP contribution in [0.5, 0.6) is 0 Å². The lowest BCUT2D eigenvalue weighted by Crippen LogP contribution is -2.59. The lowest BCUT2D eigenvalue weighted by Gasteiger charge is -2.43. The van der Waals surface area contributed by atoms with Crippen molar-refractivity contribution in [2.45, 2.75) is 58.0 Å². The predicted octanol–water partition coefficient (Wildman–Crippen LogP) is 2.49. The third-order valence-electron chi connectivity index (χ3n) is 5.17. The number of nitrogens with one attached hydrogen (secondary N) is 1. The summed E-state index contributed by atoms with van der Waals surface area (Å²) in [4.78, 5) is 2.84. The normalized spacial score (nSPS) is 37.1. The molecule has 3 unspecified atom stereocenters. The molecule has 1 heterocycles. The van der Waals surface area contributed by atoms with Crippen molar-refractivity contribution < 1.29 is 0 Å². The smallest absolute Gasteiger partial charge is 0.0247 e. The molecule has 3 fully saturated rings. The van der Waals surface area contributed by atoms with Crippen LogP contribution < -0.4 is 5.32 Å². The zero-order valence-electron chi connectivity index (χ0n) is 11.5. The molecule has 1 N–H and O–H groups in total. The highest BCUT2D eigenvalue weighted by molar-refractivity contribution is 4.96. The van der Waals surface area contributed by atoms with Crippen molar-refractivity contribution in [1.82, 2.24) is 10.2 Å². The third-order valence-corrected chi connectivity index (χ3v) is 5.17. The molecule has 0 aromatic heterocycles. The van der Waals surface area contributed by atoms with E-state index in [1.807, 2.05) is 0 Å². The van der Waals surface area contributed by atoms with Crippen LogP contribution in [0.15, 0.2) is 0 Å². The second kappa shape index (κ2) is 4.89. The predicted molar refractivity (Wildman–Crippen MR) is 72.1 cm³/mol. The molecule has 2 heteroatoms. The summed E-state index contributed by atoms with van der Waals surface area (Å²) in [6.45, 7) is 8.73. The number of hydrogen-bond donors (Lipinski definition) is 1. The highest BCUT2D eigenvalue weighted by Gasteiger charge is 2.39. The van der Waals surface area contributed by atoms with Gasteiger partial charge in [-0.3, -0.25) is 4.90 Å². The fourth-order valence-corrected chi connectivity index (χ4v) is 3.34. The molecule has 3 aliphatic rings. The Morgan fingerprint density at radius 1 is 1.24 bits per heavy atom. The van der Waals surface area contributed by atoms with Crippen molar-refractivity contribution >= 4 is 0 Å². The van der Waals surface area contributed by atoms with Crippen LogP contribution in [0.4, 0.5) is 0 Å². The monoisotopic (exact) mass is 236 g/mol. The molecule has 98 valence electrons. The van der Waals surface area contributed by atoms with Gasteiger partial charge in [-0.2, -0.15) is 0 Å². The van der Waals surface area contributed by atoms with Crippen molar-refractivity contribution in [2.75, 3.05) is 19.6 Å². The summed E-state index contributed by atoms with van der Waals surface area (Å²) < 4.78 is 0. The van der Waals surface area contributed by atoms with E-state index in [0.29, 0.717) is 0 Å². The molecule has 0 amide bonds. The molecule has 17 heavy (non-hydrogen) atoms. The second-order valence-corrected chi connectivity index (χ2v) is 6.70. The van der Waals surface area contributed by atoms with Crippen LogP contribution in [0.1, 0.15) is 46.0 Å². The van der Waals surface area contributed by atoms with E-state index >= 15 is 0 Å². The first-order valence-corrected chi connectivity index (χ1v) is 7.75. The van der Waals surface area contributed by atoms with Crippen LogP contribution in [-0.4, -0.2) is 36.6 Å². The Labute approximate surface area is 106 Å². The van der Waals surface area contributed by atoms with E-state index in [1.54, 1.807) is 0 Å². The van der Waals surface area contributed by atoms with Gasteiger partial charge in [-0.1, -0.05) is 20.3 Å². The average molecular weight is 236 g/mol. The third kappa shape index (κ3) is 2.85. The Hall–Kier alpha value is -0.0800. The van der Waals surface area contributed by atoms with Gasteiger partial charge in [-0.25, -0.2) is 0 Å². The zero-order chi connectivity index (χ0) is 11.8. The molecule has 3 atom stereocenters. The van der Waals surface area contributed by atoms with E-state index in [4.69, 9.17) is 0 Å². The van der Waals surface area contributed by atoms with Gasteiger partial charge in [0.1, 0.15) is 0 Å². The SMILES string of the molecule is CCC(C)C1CNC(C2CC2)CN1CC1CC1. The van der Waals surface area contributed by atoms with Crippen molar-refractivity contribution in [1.29, 1.82) is 0 Å². The van der Waals surface area contributed by atoms with Crippen LogP contribution in [0.3, 0.4) is 0 Å². The minimum atomic E-state index is 0.801. The Morgan fingerprint density at radius 3 is 2.59 bits per heavy atom. The van der Waals surface area contributed by atoms with Crippen molar-refractivity contribution in [3.05, 3.63) is 0 Å². The Kier molecular flexibility index (Phi) is 3.45. The number of piperazine rings is 1. The maximum Gasteiger partial charge on any atom is 0.0247 e. The van der Waals surface area contributed by atoms with Gasteiger partial charge >= 0.3 is 0 Å². The topological polar surface area (TPSA) is 15.3 Å². The van der Waals surface area contributed by atoms with Gasteiger partial charge in [0.25, 0.3) is 0 Å². The van der Waals surface area contributed by atoms with Crippen molar-refractivity contribution in [2.24, 2.45) is 17.8 Å². The first-order valence-electron chi connectivity index (χ1n) is 7.75. The molecule has 0 radical (unpaired) electrons. The summed E-state index contributed by atoms with van der Waals surface area (Å²) in [6, 6.07) is 1.62. The van der Waals surface area contributed by atoms with E-state index in [1.165, 1.54) is 51.7 Å². The van der Waals surface area contributed by atoms with Gasteiger partial charge in [0, 0.05) is 31.7 Å². The molecule has 2 aliphatic carbocycles. The zero-order valence-corrected chi connectivity index (χ0v) is 11.5. The molecule has 3 rings (SSSR count). The van der Waals surface area contributed by atoms with Crippen molar-refractivity contribution in [3.8, 4) is 0 Å². The molecule has 0 bridgehead atoms. The van der Waals surface area contributed by atoms with E-state index in [-0.39, 0.29) is 0 Å². The first-order chi connectivity index (χ1) is 8.28. The number of rotatable bonds is 5. The van der Waals surface area contributed by atoms with Crippen LogP contribution in [0.2, 0.25) is 0 Å². The van der Waals surface area contributed by atoms with E-state index in [2.05, 4.69) is 24.1 Å². The summed E-state index contributed by atoms with van der Waals surface area (Å²) in [5, 5.41) is 3.83. The second-order valence-electron chi connectivity index (χ2n) is 6.70. The van der Waals surface area contributed by atoms with Crippen molar-refractivity contribution in [3.63, 3.8) is 0 Å². The lowest BCUT2D eigenvalue weighted by atomic mass is 9.93. The van der Waals surface area contributed by atoms with Gasteiger partial charge in [0.05, 0.1) is 0 Å². The molecule has 1 saturated heterocycles. The van der Waals surface area contributed by atoms with Gasteiger partial charge in [0.2, 0.25) is 0 Å². The minimum absolute atomic E-state index is 0.801. The van der Waals surface area contributed by atoms with E-state index in [9.17, 15) is 0 Å². The summed E-state index contributed by atoms with van der Waals surface area (Å²) in [6.07, 6.45) is 7.25. The lowest BCUT2D eigenvalue weighted by molar-refractivity contribution is 0.0812. The highest BCUT2D eigenvalue weighted by atomic mass is 15.2. The molecule has 1 aliphatic heterocycles. The molecule has 2 saturated carbocycles. The molecular formula is C15H28N2. The first kappa shape index (κ1) is 12.0. The van der Waals surface area contributed by atoms with Crippen LogP contribution in [-0.2, 0) is 0 Å². The number of nitrogens with zero attached hydrogens (tertiary/aromatic N) is 1. The fourth-order valence-electron chi connectivity index (χ4n) is 3.34. The van der Waals surface area contributed by atoms with Gasteiger partial charge in [0.15, 0.2) is 0 Å². The Bertz CT molecular complexity index is 258. The van der Waals surface area contributed by atoms with Crippen LogP contribution in [0.25, 0.3) is 0 Å². The minimum Gasteiger partial charge on any atom is -0.311 e. The quantitative estimate of drug-likeness (QED) is 0.789. The van der Waals surface area contributed by atoms with E-state index in [0.717, 1.165) is 29.8 Å². The summed E-state index contributed by atoms with van der Waals surface area (Å²) in [5.41, 5.74) is 0. The standard InChI is InChI=1S/C15H28N2/c1-3-11(2)15-8-16-14(13-6-7-13)10-17(15)9-12-4-5-12/h11-16H,3-10H2,1-2H3. The Balaban J connectivity index is 1.61. The van der Waals surface area contributed by atoms with Crippen LogP contribution >= 0.6 is 0 Å². The average Bonchev–Trinajstić information content (AvgIpc) is 3.20. The van der Waals surface area contributed by atoms with E-state index < -0.39 is 0 Å². The Morgan fingerprint density at radius 2 is 2.00 bits per heavy atom. The molecule has 0 spiro atoms.